The lowest BCUT2D eigenvalue weighted by molar-refractivity contribution is 0.0748. The molecule has 18 heavy (non-hydrogen) atoms. The van der Waals surface area contributed by atoms with Crippen molar-refractivity contribution in [2.45, 2.75) is 79.7 Å². The zero-order valence-corrected chi connectivity index (χ0v) is 13.5. The van der Waals surface area contributed by atoms with Crippen LogP contribution in [0.4, 0.5) is 0 Å². The summed E-state index contributed by atoms with van der Waals surface area (Å²) in [6.45, 7) is 17.1. The highest BCUT2D eigenvalue weighted by atomic mass is 15.2. The van der Waals surface area contributed by atoms with Crippen LogP contribution in [0.25, 0.3) is 0 Å². The molecule has 0 bridgehead atoms. The van der Waals surface area contributed by atoms with Crippen molar-refractivity contribution in [2.75, 3.05) is 6.54 Å². The van der Waals surface area contributed by atoms with Gasteiger partial charge >= 0.3 is 0 Å². The van der Waals surface area contributed by atoms with Gasteiger partial charge in [-0.05, 0) is 17.3 Å². The molecular formula is C16H32N2. The number of nitrogens with zero attached hydrogens (tertiary/aromatic N) is 1. The van der Waals surface area contributed by atoms with Gasteiger partial charge in [-0.25, -0.2) is 0 Å². The van der Waals surface area contributed by atoms with Crippen molar-refractivity contribution in [1.29, 1.82) is 0 Å². The van der Waals surface area contributed by atoms with Crippen molar-refractivity contribution in [3.05, 3.63) is 0 Å². The second-order valence-corrected chi connectivity index (χ2v) is 7.73. The minimum atomic E-state index is 0.0154. The molecule has 1 N–H and O–H groups in total. The summed E-state index contributed by atoms with van der Waals surface area (Å²) in [6, 6.07) is 0. The van der Waals surface area contributed by atoms with Crippen LogP contribution >= 0.6 is 0 Å². The molecule has 0 spiro atoms. The summed E-state index contributed by atoms with van der Waals surface area (Å²) in [7, 11) is 0. The van der Waals surface area contributed by atoms with E-state index in [2.05, 4.69) is 53.8 Å². The van der Waals surface area contributed by atoms with Gasteiger partial charge in [0.05, 0.1) is 11.4 Å². The predicted octanol–water partition coefficient (Wildman–Crippen LogP) is 4.40. The van der Waals surface area contributed by atoms with E-state index in [0.717, 1.165) is 13.0 Å². The van der Waals surface area contributed by atoms with Crippen molar-refractivity contribution >= 4 is 5.84 Å². The number of hydrogen-bond acceptors (Lipinski definition) is 2. The molecule has 0 aliphatic carbocycles. The second-order valence-electron chi connectivity index (χ2n) is 7.73. The lowest BCUT2D eigenvalue weighted by Crippen LogP contribution is -2.54. The maximum absolute atomic E-state index is 5.14. The van der Waals surface area contributed by atoms with E-state index in [-0.39, 0.29) is 16.4 Å². The number of aliphatic imine (C=N–C) groups is 1. The van der Waals surface area contributed by atoms with E-state index in [4.69, 9.17) is 4.99 Å². The standard InChI is InChI=1S/C16H32N2/c1-8-9-10-11-13-17-12-16(18-13,14(2,3)4)15(5,6)7/h8-12H2,1-7H3,(H,17,18). The van der Waals surface area contributed by atoms with Gasteiger partial charge < -0.3 is 5.32 Å². The predicted molar refractivity (Wildman–Crippen MR) is 81.2 cm³/mol. The Bertz CT molecular complexity index is 288. The SMILES string of the molecule is CCCCCC1=NC(C(C)(C)C)(C(C)(C)C)CN1. The molecular weight excluding hydrogens is 220 g/mol. The summed E-state index contributed by atoms with van der Waals surface area (Å²) in [5.74, 6) is 1.23. The number of unbranched alkanes of at least 4 members (excludes halogenated alkanes) is 2. The summed E-state index contributed by atoms with van der Waals surface area (Å²) in [4.78, 5) is 5.14. The molecule has 2 nitrogen and oxygen atoms in total. The van der Waals surface area contributed by atoms with Crippen LogP contribution in [0, 0.1) is 10.8 Å². The van der Waals surface area contributed by atoms with Crippen LogP contribution in [0.3, 0.4) is 0 Å². The van der Waals surface area contributed by atoms with Crippen LogP contribution in [0.15, 0.2) is 4.99 Å². The van der Waals surface area contributed by atoms with E-state index in [1.54, 1.807) is 0 Å². The number of rotatable bonds is 4. The molecule has 1 aliphatic heterocycles. The molecule has 2 heteroatoms. The first-order valence-corrected chi connectivity index (χ1v) is 7.46. The average molecular weight is 252 g/mol. The van der Waals surface area contributed by atoms with Gasteiger partial charge in [0, 0.05) is 13.0 Å². The van der Waals surface area contributed by atoms with Gasteiger partial charge in [0.1, 0.15) is 0 Å². The third-order valence-corrected chi connectivity index (χ3v) is 4.37. The molecule has 0 aromatic rings. The second kappa shape index (κ2) is 5.22. The Hall–Kier alpha value is -0.530. The Morgan fingerprint density at radius 2 is 1.61 bits per heavy atom. The van der Waals surface area contributed by atoms with Crippen LogP contribution in [0.2, 0.25) is 0 Å². The summed E-state index contributed by atoms with van der Waals surface area (Å²) < 4.78 is 0. The highest BCUT2D eigenvalue weighted by molar-refractivity contribution is 5.84. The molecule has 0 aromatic carbocycles. The summed E-state index contributed by atoms with van der Waals surface area (Å²) in [5, 5.41) is 3.57. The molecule has 0 unspecified atom stereocenters. The van der Waals surface area contributed by atoms with Crippen molar-refractivity contribution in [2.24, 2.45) is 15.8 Å². The molecule has 0 radical (unpaired) electrons. The van der Waals surface area contributed by atoms with Gasteiger partial charge in [0.25, 0.3) is 0 Å². The van der Waals surface area contributed by atoms with Crippen molar-refractivity contribution in [1.82, 2.24) is 5.32 Å². The quantitative estimate of drug-likeness (QED) is 0.737. The molecule has 0 amide bonds. The van der Waals surface area contributed by atoms with E-state index in [1.165, 1.54) is 25.1 Å². The molecule has 106 valence electrons. The van der Waals surface area contributed by atoms with Crippen LogP contribution in [-0.2, 0) is 0 Å². The topological polar surface area (TPSA) is 24.4 Å². The molecule has 0 atom stereocenters. The monoisotopic (exact) mass is 252 g/mol. The molecule has 0 saturated carbocycles. The minimum Gasteiger partial charge on any atom is -0.371 e. The Labute approximate surface area is 114 Å². The lowest BCUT2D eigenvalue weighted by Gasteiger charge is -2.48. The Balaban J connectivity index is 2.90. The van der Waals surface area contributed by atoms with E-state index in [1.807, 2.05) is 0 Å². The van der Waals surface area contributed by atoms with Crippen molar-refractivity contribution in [3.63, 3.8) is 0 Å². The maximum Gasteiger partial charge on any atom is 0.0972 e. The van der Waals surface area contributed by atoms with E-state index >= 15 is 0 Å². The zero-order chi connectivity index (χ0) is 14.0. The largest absolute Gasteiger partial charge is 0.371 e. The number of nitrogens with one attached hydrogen (secondary N) is 1. The fourth-order valence-electron chi connectivity index (χ4n) is 3.22. The third-order valence-electron chi connectivity index (χ3n) is 4.37. The first-order valence-electron chi connectivity index (χ1n) is 7.46. The maximum atomic E-state index is 5.14. The van der Waals surface area contributed by atoms with Gasteiger partial charge in [0.2, 0.25) is 0 Å². The Morgan fingerprint density at radius 1 is 1.06 bits per heavy atom. The third kappa shape index (κ3) is 2.89. The van der Waals surface area contributed by atoms with Gasteiger partial charge in [-0.15, -0.1) is 0 Å². The molecule has 1 rings (SSSR count). The van der Waals surface area contributed by atoms with Crippen LogP contribution in [0.1, 0.15) is 74.1 Å². The van der Waals surface area contributed by atoms with E-state index in [9.17, 15) is 0 Å². The molecule has 0 saturated heterocycles. The fraction of sp³-hybridized carbons (Fsp3) is 0.938. The smallest absolute Gasteiger partial charge is 0.0972 e. The number of amidine groups is 1. The van der Waals surface area contributed by atoms with Crippen LogP contribution < -0.4 is 5.32 Å². The van der Waals surface area contributed by atoms with Gasteiger partial charge in [-0.3, -0.25) is 4.99 Å². The summed E-state index contributed by atoms with van der Waals surface area (Å²) in [5.41, 5.74) is 0.386. The van der Waals surface area contributed by atoms with Crippen LogP contribution in [-0.4, -0.2) is 17.9 Å². The zero-order valence-electron chi connectivity index (χ0n) is 13.5. The highest BCUT2D eigenvalue weighted by Crippen LogP contribution is 2.48. The number of hydrogen-bond donors (Lipinski definition) is 1. The Kier molecular flexibility index (Phi) is 4.51. The fourth-order valence-corrected chi connectivity index (χ4v) is 3.22. The first kappa shape index (κ1) is 15.5. The average Bonchev–Trinajstić information content (AvgIpc) is 2.62. The van der Waals surface area contributed by atoms with Gasteiger partial charge in [0.15, 0.2) is 0 Å². The van der Waals surface area contributed by atoms with Gasteiger partial charge in [-0.1, -0.05) is 61.3 Å². The summed E-state index contributed by atoms with van der Waals surface area (Å²) in [6.07, 6.45) is 4.95. The van der Waals surface area contributed by atoms with E-state index < -0.39 is 0 Å². The van der Waals surface area contributed by atoms with Crippen LogP contribution in [0.5, 0.6) is 0 Å². The van der Waals surface area contributed by atoms with Gasteiger partial charge in [-0.2, -0.15) is 0 Å². The molecule has 0 fully saturated rings. The lowest BCUT2D eigenvalue weighted by atomic mass is 9.60. The molecule has 1 aliphatic rings. The van der Waals surface area contributed by atoms with E-state index in [0.29, 0.717) is 0 Å². The molecule has 0 aromatic heterocycles. The highest BCUT2D eigenvalue weighted by Gasteiger charge is 2.52. The summed E-state index contributed by atoms with van der Waals surface area (Å²) >= 11 is 0. The Morgan fingerprint density at radius 3 is 2.00 bits per heavy atom. The molecule has 1 heterocycles. The first-order chi connectivity index (χ1) is 8.14. The minimum absolute atomic E-state index is 0.0154. The van der Waals surface area contributed by atoms with Crippen molar-refractivity contribution < 1.29 is 0 Å². The van der Waals surface area contributed by atoms with Crippen molar-refractivity contribution in [3.8, 4) is 0 Å². The normalized spacial score (nSPS) is 19.6.